The zero-order valence-corrected chi connectivity index (χ0v) is 18.3. The number of nitrogens with one attached hydrogen (secondary N) is 1. The maximum atomic E-state index is 13.9. The molecule has 0 spiro atoms. The van der Waals surface area contributed by atoms with Gasteiger partial charge in [-0.3, -0.25) is 4.79 Å². The molecular formula is C29H31NO. The zero-order chi connectivity index (χ0) is 21.5. The fourth-order valence-electron chi connectivity index (χ4n) is 4.42. The molecule has 1 aliphatic carbocycles. The van der Waals surface area contributed by atoms with Crippen molar-refractivity contribution >= 4 is 17.1 Å². The number of allylic oxidation sites excluding steroid dienone is 1. The van der Waals surface area contributed by atoms with Gasteiger partial charge in [-0.15, -0.1) is 0 Å². The maximum absolute atomic E-state index is 13.9. The Morgan fingerprint density at radius 3 is 2.03 bits per heavy atom. The van der Waals surface area contributed by atoms with E-state index in [0.29, 0.717) is 6.54 Å². The third-order valence-electron chi connectivity index (χ3n) is 6.19. The molecule has 2 nitrogen and oxygen atoms in total. The van der Waals surface area contributed by atoms with Gasteiger partial charge in [-0.05, 0) is 36.5 Å². The Bertz CT molecular complexity index is 1010. The van der Waals surface area contributed by atoms with Crippen molar-refractivity contribution in [3.05, 3.63) is 107 Å². The highest BCUT2D eigenvalue weighted by Gasteiger charge is 2.27. The summed E-state index contributed by atoms with van der Waals surface area (Å²) in [5, 5.41) is 3.65. The van der Waals surface area contributed by atoms with Crippen LogP contribution in [0.1, 0.15) is 54.4 Å². The first kappa shape index (κ1) is 21.1. The van der Waals surface area contributed by atoms with Crippen LogP contribution in [0, 0.1) is 12.8 Å². The van der Waals surface area contributed by atoms with Gasteiger partial charge in [0.2, 0.25) is 0 Å². The molecule has 1 saturated carbocycles. The van der Waals surface area contributed by atoms with E-state index >= 15 is 0 Å². The monoisotopic (exact) mass is 409 g/mol. The van der Waals surface area contributed by atoms with E-state index in [-0.39, 0.29) is 11.7 Å². The molecule has 3 aromatic rings. The molecule has 1 N–H and O–H groups in total. The largest absolute Gasteiger partial charge is 0.380 e. The molecule has 0 amide bonds. The molecule has 1 fully saturated rings. The third-order valence-corrected chi connectivity index (χ3v) is 6.19. The molecule has 158 valence electrons. The highest BCUT2D eigenvalue weighted by atomic mass is 16.1. The van der Waals surface area contributed by atoms with Crippen LogP contribution in [0.25, 0.3) is 11.3 Å². The molecule has 0 radical (unpaired) electrons. The lowest BCUT2D eigenvalue weighted by molar-refractivity contribution is -0.118. The van der Waals surface area contributed by atoms with Gasteiger partial charge in [-0.25, -0.2) is 0 Å². The van der Waals surface area contributed by atoms with E-state index in [1.165, 1.54) is 17.5 Å². The molecule has 3 aromatic carbocycles. The summed E-state index contributed by atoms with van der Waals surface area (Å²) in [6.07, 6.45) is 5.53. The Labute approximate surface area is 186 Å². The van der Waals surface area contributed by atoms with Gasteiger partial charge in [0.05, 0.1) is 5.70 Å². The molecule has 0 atom stereocenters. The summed E-state index contributed by atoms with van der Waals surface area (Å²) in [5.41, 5.74) is 6.23. The second-order valence-electron chi connectivity index (χ2n) is 8.52. The highest BCUT2D eigenvalue weighted by molar-refractivity contribution is 6.28. The molecule has 0 unspecified atom stereocenters. The van der Waals surface area contributed by atoms with E-state index in [4.69, 9.17) is 0 Å². The average Bonchev–Trinajstić information content (AvgIpc) is 2.84. The number of benzene rings is 3. The molecule has 0 saturated heterocycles. The summed E-state index contributed by atoms with van der Waals surface area (Å²) in [7, 11) is 0. The van der Waals surface area contributed by atoms with Crippen LogP contribution in [0.15, 0.2) is 84.9 Å². The van der Waals surface area contributed by atoms with E-state index in [1.54, 1.807) is 0 Å². The van der Waals surface area contributed by atoms with Gasteiger partial charge in [-0.1, -0.05) is 110 Å². The molecule has 0 bridgehead atoms. The second kappa shape index (κ2) is 10.3. The van der Waals surface area contributed by atoms with Crippen molar-refractivity contribution in [2.75, 3.05) is 0 Å². The van der Waals surface area contributed by atoms with Crippen LogP contribution in [0.5, 0.6) is 0 Å². The van der Waals surface area contributed by atoms with Gasteiger partial charge in [0.1, 0.15) is 0 Å². The van der Waals surface area contributed by atoms with Crippen molar-refractivity contribution < 1.29 is 4.79 Å². The SMILES string of the molecule is Cc1ccc(/C(NCc2ccccc2)=C(\C(=O)C2CCCCC2)c2ccccc2)cc1. The van der Waals surface area contributed by atoms with Gasteiger partial charge in [0, 0.05) is 18.0 Å². The van der Waals surface area contributed by atoms with Crippen molar-refractivity contribution in [1.82, 2.24) is 5.32 Å². The quantitative estimate of drug-likeness (QED) is 0.343. The molecule has 1 aliphatic rings. The Kier molecular flexibility index (Phi) is 6.99. The topological polar surface area (TPSA) is 29.1 Å². The standard InChI is InChI=1S/C29H31NO/c1-22-17-19-25(20-18-22)28(30-21-23-11-5-2-6-12-23)27(24-13-7-3-8-14-24)29(31)26-15-9-4-10-16-26/h2-3,5-8,11-14,17-20,26,30H,4,9-10,15-16,21H2,1H3/b28-27+. The van der Waals surface area contributed by atoms with Gasteiger partial charge in [0.15, 0.2) is 5.78 Å². The van der Waals surface area contributed by atoms with E-state index in [2.05, 4.69) is 72.9 Å². The van der Waals surface area contributed by atoms with Gasteiger partial charge in [-0.2, -0.15) is 0 Å². The predicted molar refractivity (Wildman–Crippen MR) is 129 cm³/mol. The lowest BCUT2D eigenvalue weighted by atomic mass is 9.81. The van der Waals surface area contributed by atoms with Gasteiger partial charge >= 0.3 is 0 Å². The molecule has 2 heteroatoms. The summed E-state index contributed by atoms with van der Waals surface area (Å²) in [4.78, 5) is 13.9. The molecule has 31 heavy (non-hydrogen) atoms. The smallest absolute Gasteiger partial charge is 0.168 e. The number of aryl methyl sites for hydroxylation is 1. The summed E-state index contributed by atoms with van der Waals surface area (Å²) in [6, 6.07) is 29.0. The first-order chi connectivity index (χ1) is 15.2. The number of Topliss-reactive ketones (excluding diaryl/α,β-unsaturated/α-hetero) is 1. The van der Waals surface area contributed by atoms with Crippen LogP contribution in [-0.2, 0) is 11.3 Å². The van der Waals surface area contributed by atoms with Crippen molar-refractivity contribution in [3.63, 3.8) is 0 Å². The Balaban J connectivity index is 1.81. The van der Waals surface area contributed by atoms with Crippen molar-refractivity contribution in [1.29, 1.82) is 0 Å². The summed E-state index contributed by atoms with van der Waals surface area (Å²) < 4.78 is 0. The lowest BCUT2D eigenvalue weighted by Gasteiger charge is -2.24. The minimum absolute atomic E-state index is 0.114. The van der Waals surface area contributed by atoms with Crippen LogP contribution in [0.4, 0.5) is 0 Å². The first-order valence-corrected chi connectivity index (χ1v) is 11.4. The fourth-order valence-corrected chi connectivity index (χ4v) is 4.42. The number of hydrogen-bond acceptors (Lipinski definition) is 2. The van der Waals surface area contributed by atoms with E-state index < -0.39 is 0 Å². The predicted octanol–water partition coefficient (Wildman–Crippen LogP) is 6.80. The van der Waals surface area contributed by atoms with Crippen LogP contribution >= 0.6 is 0 Å². The molecule has 4 rings (SSSR count). The zero-order valence-electron chi connectivity index (χ0n) is 18.3. The van der Waals surface area contributed by atoms with Crippen LogP contribution < -0.4 is 5.32 Å². The molecule has 0 aromatic heterocycles. The van der Waals surface area contributed by atoms with E-state index in [1.807, 2.05) is 24.3 Å². The van der Waals surface area contributed by atoms with Gasteiger partial charge < -0.3 is 5.32 Å². The van der Waals surface area contributed by atoms with E-state index in [9.17, 15) is 4.79 Å². The Morgan fingerprint density at radius 2 is 1.39 bits per heavy atom. The van der Waals surface area contributed by atoms with Crippen molar-refractivity contribution in [2.45, 2.75) is 45.6 Å². The molecular weight excluding hydrogens is 378 g/mol. The van der Waals surface area contributed by atoms with Crippen LogP contribution in [0.2, 0.25) is 0 Å². The normalized spacial score (nSPS) is 15.3. The Hall–Kier alpha value is -3.13. The fraction of sp³-hybridized carbons (Fsp3) is 0.276. The number of ketones is 1. The number of carbonyl (C=O) groups is 1. The van der Waals surface area contributed by atoms with Crippen LogP contribution in [0.3, 0.4) is 0 Å². The minimum atomic E-state index is 0.114. The maximum Gasteiger partial charge on any atom is 0.168 e. The third kappa shape index (κ3) is 5.32. The van der Waals surface area contributed by atoms with Crippen LogP contribution in [-0.4, -0.2) is 5.78 Å². The number of carbonyl (C=O) groups excluding carboxylic acids is 1. The number of hydrogen-bond donors (Lipinski definition) is 1. The highest BCUT2D eigenvalue weighted by Crippen LogP contribution is 2.33. The Morgan fingerprint density at radius 1 is 0.774 bits per heavy atom. The average molecular weight is 410 g/mol. The first-order valence-electron chi connectivity index (χ1n) is 11.4. The number of rotatable bonds is 7. The summed E-state index contributed by atoms with van der Waals surface area (Å²) in [5.74, 6) is 0.393. The summed E-state index contributed by atoms with van der Waals surface area (Å²) >= 11 is 0. The second-order valence-corrected chi connectivity index (χ2v) is 8.52. The minimum Gasteiger partial charge on any atom is -0.380 e. The van der Waals surface area contributed by atoms with Crippen molar-refractivity contribution in [3.8, 4) is 0 Å². The lowest BCUT2D eigenvalue weighted by Crippen LogP contribution is -2.23. The molecule has 0 heterocycles. The molecule has 0 aliphatic heterocycles. The van der Waals surface area contributed by atoms with E-state index in [0.717, 1.165) is 48.1 Å². The summed E-state index contributed by atoms with van der Waals surface area (Å²) in [6.45, 7) is 2.77. The van der Waals surface area contributed by atoms with Gasteiger partial charge in [0.25, 0.3) is 0 Å². The van der Waals surface area contributed by atoms with Crippen molar-refractivity contribution in [2.24, 2.45) is 5.92 Å².